The zero-order valence-corrected chi connectivity index (χ0v) is 25.3. The molecule has 0 bridgehead atoms. The van der Waals surface area contributed by atoms with Crippen LogP contribution in [0.4, 0.5) is 11.4 Å². The monoisotopic (exact) mass is 648 g/mol. The molecule has 0 atom stereocenters. The smallest absolute Gasteiger partial charge is 0.262 e. The summed E-state index contributed by atoms with van der Waals surface area (Å²) in [5.41, 5.74) is 2.47. The highest BCUT2D eigenvalue weighted by Gasteiger charge is 2.14. The van der Waals surface area contributed by atoms with Crippen molar-refractivity contribution >= 4 is 69.6 Å². The molecule has 2 amide bonds. The Hall–Kier alpha value is -3.82. The van der Waals surface area contributed by atoms with E-state index in [9.17, 15) is 9.59 Å². The number of hydrogen-bond donors (Lipinski definition) is 2. The average molecular weight is 650 g/mol. The summed E-state index contributed by atoms with van der Waals surface area (Å²) in [6.45, 7) is -0.539. The van der Waals surface area contributed by atoms with Gasteiger partial charge in [-0.05, 0) is 71.8 Å². The molecule has 0 aromatic heterocycles. The highest BCUT2D eigenvalue weighted by atomic mass is 35.5. The number of carbonyl (C=O) groups excluding carboxylic acids is 2. The van der Waals surface area contributed by atoms with Crippen LogP contribution in [0.15, 0.2) is 72.8 Å². The first kappa shape index (κ1) is 31.1. The summed E-state index contributed by atoms with van der Waals surface area (Å²) in [5.74, 6) is 0.725. The van der Waals surface area contributed by atoms with Gasteiger partial charge in [0.15, 0.2) is 13.2 Å². The first-order valence-corrected chi connectivity index (χ1v) is 13.8. The van der Waals surface area contributed by atoms with Crippen LogP contribution in [-0.2, 0) is 9.59 Å². The van der Waals surface area contributed by atoms with E-state index in [4.69, 9.17) is 65.4 Å². The standard InChI is InChI=1S/C30H24Cl4N2O6/c1-39-27-11-17(3-7-23(27)35-29(37)15-41-25-9-5-19(31)13-21(25)33)18-4-8-24(28(12-18)40-2)36-30(38)16-42-26-10-6-20(32)14-22(26)34/h3-14H,15-16H2,1-2H3,(H,35,37)(H,36,38). The minimum absolute atomic E-state index is 0.269. The van der Waals surface area contributed by atoms with Crippen molar-refractivity contribution in [3.8, 4) is 34.1 Å². The molecule has 0 aliphatic carbocycles. The molecule has 2 N–H and O–H groups in total. The van der Waals surface area contributed by atoms with E-state index in [1.165, 1.54) is 26.4 Å². The van der Waals surface area contributed by atoms with Crippen molar-refractivity contribution in [2.75, 3.05) is 38.1 Å². The van der Waals surface area contributed by atoms with E-state index in [2.05, 4.69) is 10.6 Å². The summed E-state index contributed by atoms with van der Waals surface area (Å²) in [7, 11) is 2.99. The third kappa shape index (κ3) is 8.14. The predicted octanol–water partition coefficient (Wildman–Crippen LogP) is 8.02. The summed E-state index contributed by atoms with van der Waals surface area (Å²) >= 11 is 24.0. The Bertz CT molecular complexity index is 1500. The lowest BCUT2D eigenvalue weighted by Crippen LogP contribution is -2.20. The van der Waals surface area contributed by atoms with Gasteiger partial charge in [0.25, 0.3) is 11.8 Å². The topological polar surface area (TPSA) is 95.1 Å². The van der Waals surface area contributed by atoms with Gasteiger partial charge in [-0.25, -0.2) is 0 Å². The largest absolute Gasteiger partial charge is 0.495 e. The molecule has 0 fully saturated rings. The fourth-order valence-electron chi connectivity index (χ4n) is 3.79. The highest BCUT2D eigenvalue weighted by molar-refractivity contribution is 6.36. The van der Waals surface area contributed by atoms with Crippen molar-refractivity contribution < 1.29 is 28.5 Å². The number of benzene rings is 4. The number of anilines is 2. The molecule has 42 heavy (non-hydrogen) atoms. The minimum Gasteiger partial charge on any atom is -0.495 e. The maximum Gasteiger partial charge on any atom is 0.262 e. The van der Waals surface area contributed by atoms with E-state index >= 15 is 0 Å². The van der Waals surface area contributed by atoms with E-state index < -0.39 is 11.8 Å². The van der Waals surface area contributed by atoms with Crippen molar-refractivity contribution in [2.45, 2.75) is 0 Å². The van der Waals surface area contributed by atoms with Gasteiger partial charge in [-0.3, -0.25) is 9.59 Å². The molecule has 218 valence electrons. The molecule has 0 heterocycles. The van der Waals surface area contributed by atoms with Crippen LogP contribution in [0, 0.1) is 0 Å². The Kier molecular flexibility index (Phi) is 10.7. The Balaban J connectivity index is 1.40. The molecular weight excluding hydrogens is 626 g/mol. The minimum atomic E-state index is -0.406. The third-order valence-electron chi connectivity index (χ3n) is 5.79. The maximum atomic E-state index is 12.5. The second-order valence-corrected chi connectivity index (χ2v) is 10.3. The van der Waals surface area contributed by atoms with Crippen LogP contribution < -0.4 is 29.6 Å². The zero-order valence-electron chi connectivity index (χ0n) is 22.3. The quantitative estimate of drug-likeness (QED) is 0.171. The zero-order chi connectivity index (χ0) is 30.2. The number of carbonyl (C=O) groups is 2. The van der Waals surface area contributed by atoms with Crippen LogP contribution in [-0.4, -0.2) is 39.2 Å². The lowest BCUT2D eigenvalue weighted by Gasteiger charge is -2.15. The molecule has 4 aromatic carbocycles. The van der Waals surface area contributed by atoms with Gasteiger partial charge in [0, 0.05) is 10.0 Å². The molecule has 0 unspecified atom stereocenters. The van der Waals surface area contributed by atoms with Crippen LogP contribution in [0.25, 0.3) is 11.1 Å². The van der Waals surface area contributed by atoms with Gasteiger partial charge < -0.3 is 29.6 Å². The van der Waals surface area contributed by atoms with Gasteiger partial charge in [-0.15, -0.1) is 0 Å². The Morgan fingerprint density at radius 1 is 0.571 bits per heavy atom. The van der Waals surface area contributed by atoms with Crippen LogP contribution in [0.5, 0.6) is 23.0 Å². The molecule has 0 aliphatic rings. The molecule has 4 rings (SSSR count). The number of rotatable bonds is 11. The van der Waals surface area contributed by atoms with Crippen molar-refractivity contribution in [2.24, 2.45) is 0 Å². The normalized spacial score (nSPS) is 10.5. The predicted molar refractivity (Wildman–Crippen MR) is 166 cm³/mol. The first-order chi connectivity index (χ1) is 20.2. The molecule has 12 heteroatoms. The number of amides is 2. The van der Waals surface area contributed by atoms with Crippen molar-refractivity contribution in [1.82, 2.24) is 0 Å². The van der Waals surface area contributed by atoms with Gasteiger partial charge in [0.1, 0.15) is 23.0 Å². The lowest BCUT2D eigenvalue weighted by molar-refractivity contribution is -0.118. The van der Waals surface area contributed by atoms with Crippen LogP contribution in [0.2, 0.25) is 20.1 Å². The van der Waals surface area contributed by atoms with Crippen LogP contribution >= 0.6 is 46.4 Å². The molecular formula is C30H24Cl4N2O6. The Morgan fingerprint density at radius 3 is 1.33 bits per heavy atom. The molecule has 0 spiro atoms. The average Bonchev–Trinajstić information content (AvgIpc) is 2.96. The molecule has 0 saturated carbocycles. The maximum absolute atomic E-state index is 12.5. The third-order valence-corrected chi connectivity index (χ3v) is 6.85. The highest BCUT2D eigenvalue weighted by Crippen LogP contribution is 2.35. The lowest BCUT2D eigenvalue weighted by atomic mass is 10.0. The number of methoxy groups -OCH3 is 2. The molecule has 8 nitrogen and oxygen atoms in total. The van der Waals surface area contributed by atoms with Crippen LogP contribution in [0.1, 0.15) is 0 Å². The van der Waals surface area contributed by atoms with Gasteiger partial charge in [-0.1, -0.05) is 58.5 Å². The van der Waals surface area contributed by atoms with E-state index in [1.807, 2.05) is 12.1 Å². The van der Waals surface area contributed by atoms with E-state index in [-0.39, 0.29) is 13.2 Å². The van der Waals surface area contributed by atoms with Crippen molar-refractivity contribution in [3.63, 3.8) is 0 Å². The van der Waals surface area contributed by atoms with E-state index in [0.29, 0.717) is 54.5 Å². The number of hydrogen-bond acceptors (Lipinski definition) is 6. The Labute approximate surface area is 262 Å². The van der Waals surface area contributed by atoms with E-state index in [1.54, 1.807) is 48.5 Å². The number of ether oxygens (including phenoxy) is 4. The van der Waals surface area contributed by atoms with Gasteiger partial charge in [-0.2, -0.15) is 0 Å². The van der Waals surface area contributed by atoms with Crippen molar-refractivity contribution in [1.29, 1.82) is 0 Å². The summed E-state index contributed by atoms with van der Waals surface area (Å²) in [6.07, 6.45) is 0. The number of nitrogens with one attached hydrogen (secondary N) is 2. The van der Waals surface area contributed by atoms with Gasteiger partial charge >= 0.3 is 0 Å². The summed E-state index contributed by atoms with van der Waals surface area (Å²) in [5, 5.41) is 7.06. The van der Waals surface area contributed by atoms with Gasteiger partial charge in [0.2, 0.25) is 0 Å². The fourth-order valence-corrected chi connectivity index (χ4v) is 4.72. The second kappa shape index (κ2) is 14.4. The summed E-state index contributed by atoms with van der Waals surface area (Å²) < 4.78 is 22.0. The molecule has 4 aromatic rings. The molecule has 0 saturated heterocycles. The first-order valence-electron chi connectivity index (χ1n) is 12.3. The van der Waals surface area contributed by atoms with Gasteiger partial charge in [0.05, 0.1) is 35.6 Å². The van der Waals surface area contributed by atoms with E-state index in [0.717, 1.165) is 11.1 Å². The Morgan fingerprint density at radius 2 is 0.976 bits per heavy atom. The summed E-state index contributed by atoms with van der Waals surface area (Å²) in [6, 6.07) is 20.0. The van der Waals surface area contributed by atoms with Crippen LogP contribution in [0.3, 0.4) is 0 Å². The number of halogens is 4. The fraction of sp³-hybridized carbons (Fsp3) is 0.133. The van der Waals surface area contributed by atoms with Crippen molar-refractivity contribution in [3.05, 3.63) is 92.9 Å². The summed E-state index contributed by atoms with van der Waals surface area (Å²) in [4.78, 5) is 25.0. The SMILES string of the molecule is COc1cc(-c2ccc(NC(=O)COc3ccc(Cl)cc3Cl)c(OC)c2)ccc1NC(=O)COc1ccc(Cl)cc1Cl. The molecule has 0 aliphatic heterocycles. The second-order valence-electron chi connectivity index (χ2n) is 8.65. The molecule has 0 radical (unpaired) electrons.